The topological polar surface area (TPSA) is 71.1 Å². The van der Waals surface area contributed by atoms with E-state index in [1.807, 2.05) is 12.1 Å². The first-order chi connectivity index (χ1) is 11.1. The summed E-state index contributed by atoms with van der Waals surface area (Å²) in [5, 5.41) is 5.97. The first-order valence-electron chi connectivity index (χ1n) is 8.50. The Morgan fingerprint density at radius 2 is 1.74 bits per heavy atom. The smallest absolute Gasteiger partial charge is 0.223 e. The van der Waals surface area contributed by atoms with Gasteiger partial charge in [0.25, 0.3) is 0 Å². The van der Waals surface area contributed by atoms with Gasteiger partial charge in [-0.25, -0.2) is 0 Å². The molecule has 1 saturated carbocycles. The van der Waals surface area contributed by atoms with Crippen molar-refractivity contribution in [3.05, 3.63) is 30.1 Å². The van der Waals surface area contributed by atoms with E-state index >= 15 is 0 Å². The Morgan fingerprint density at radius 1 is 1.13 bits per heavy atom. The third-order valence-corrected chi connectivity index (χ3v) is 4.34. The van der Waals surface area contributed by atoms with Gasteiger partial charge in [0.05, 0.1) is 0 Å². The second-order valence-electron chi connectivity index (χ2n) is 6.77. The first kappa shape index (κ1) is 17.4. The molecule has 0 bridgehead atoms. The van der Waals surface area contributed by atoms with Crippen LogP contribution in [0.4, 0.5) is 0 Å². The molecular formula is C18H27N3O2. The van der Waals surface area contributed by atoms with E-state index in [0.29, 0.717) is 12.5 Å². The summed E-state index contributed by atoms with van der Waals surface area (Å²) in [5.74, 6) is 0.799. The molecule has 1 aromatic rings. The molecule has 0 aliphatic heterocycles. The summed E-state index contributed by atoms with van der Waals surface area (Å²) in [4.78, 5) is 28.3. The largest absolute Gasteiger partial charge is 0.356 e. The van der Waals surface area contributed by atoms with Crippen molar-refractivity contribution in [1.29, 1.82) is 0 Å². The highest BCUT2D eigenvalue weighted by Crippen LogP contribution is 2.29. The number of nitrogens with zero attached hydrogens (tertiary/aromatic N) is 1. The summed E-state index contributed by atoms with van der Waals surface area (Å²) in [7, 11) is 0. The van der Waals surface area contributed by atoms with Crippen LogP contribution in [-0.4, -0.2) is 23.3 Å². The van der Waals surface area contributed by atoms with Crippen LogP contribution in [-0.2, 0) is 16.1 Å². The third-order valence-electron chi connectivity index (χ3n) is 4.34. The lowest BCUT2D eigenvalue weighted by Crippen LogP contribution is -2.38. The summed E-state index contributed by atoms with van der Waals surface area (Å²) >= 11 is 0. The summed E-state index contributed by atoms with van der Waals surface area (Å²) in [6.07, 6.45) is 6.66. The molecule has 126 valence electrons. The lowest BCUT2D eigenvalue weighted by atomic mass is 9.81. The van der Waals surface area contributed by atoms with Crippen molar-refractivity contribution in [2.24, 2.45) is 17.8 Å². The Labute approximate surface area is 138 Å². The van der Waals surface area contributed by atoms with Crippen molar-refractivity contribution in [3.8, 4) is 0 Å². The standard InChI is InChI=1S/C18H27N3O2/c1-13(2)10-20-17(22)15-5-7-16(8-6-15)18(23)21-12-14-4-3-9-19-11-14/h3-4,9,11,13,15-16H,5-8,10,12H2,1-2H3,(H,20,22)(H,21,23). The van der Waals surface area contributed by atoms with Gasteiger partial charge in [0.2, 0.25) is 11.8 Å². The average Bonchev–Trinajstić information content (AvgIpc) is 2.58. The Morgan fingerprint density at radius 3 is 2.26 bits per heavy atom. The Bertz CT molecular complexity index is 508. The van der Waals surface area contributed by atoms with Gasteiger partial charge in [-0.2, -0.15) is 0 Å². The van der Waals surface area contributed by atoms with Crippen LogP contribution in [0.1, 0.15) is 45.1 Å². The number of pyridine rings is 1. The highest BCUT2D eigenvalue weighted by atomic mass is 16.2. The number of hydrogen-bond donors (Lipinski definition) is 2. The maximum Gasteiger partial charge on any atom is 0.223 e. The summed E-state index contributed by atoms with van der Waals surface area (Å²) in [6, 6.07) is 3.81. The molecule has 0 spiro atoms. The maximum atomic E-state index is 12.2. The second-order valence-corrected chi connectivity index (χ2v) is 6.77. The maximum absolute atomic E-state index is 12.2. The molecule has 2 N–H and O–H groups in total. The Kier molecular flexibility index (Phi) is 6.56. The van der Waals surface area contributed by atoms with Crippen LogP contribution in [0, 0.1) is 17.8 Å². The SMILES string of the molecule is CC(C)CNC(=O)C1CCC(C(=O)NCc2cccnc2)CC1. The highest BCUT2D eigenvalue weighted by molar-refractivity contribution is 5.81. The van der Waals surface area contributed by atoms with Crippen molar-refractivity contribution in [2.45, 2.75) is 46.1 Å². The van der Waals surface area contributed by atoms with Crippen molar-refractivity contribution in [2.75, 3.05) is 6.54 Å². The molecule has 5 nitrogen and oxygen atoms in total. The molecule has 1 aliphatic carbocycles. The van der Waals surface area contributed by atoms with E-state index in [4.69, 9.17) is 0 Å². The van der Waals surface area contributed by atoms with Crippen LogP contribution in [0.2, 0.25) is 0 Å². The van der Waals surface area contributed by atoms with Crippen molar-refractivity contribution in [3.63, 3.8) is 0 Å². The van der Waals surface area contributed by atoms with Gasteiger partial charge >= 0.3 is 0 Å². The number of amides is 2. The van der Waals surface area contributed by atoms with E-state index in [9.17, 15) is 9.59 Å². The first-order valence-corrected chi connectivity index (χ1v) is 8.50. The molecule has 0 radical (unpaired) electrons. The fourth-order valence-corrected chi connectivity index (χ4v) is 2.90. The van der Waals surface area contributed by atoms with Gasteiger partial charge in [-0.3, -0.25) is 14.6 Å². The van der Waals surface area contributed by atoms with Crippen molar-refractivity contribution < 1.29 is 9.59 Å². The van der Waals surface area contributed by atoms with Crippen LogP contribution in [0.5, 0.6) is 0 Å². The monoisotopic (exact) mass is 317 g/mol. The van der Waals surface area contributed by atoms with Gasteiger partial charge in [-0.15, -0.1) is 0 Å². The van der Waals surface area contributed by atoms with E-state index in [1.165, 1.54) is 0 Å². The van der Waals surface area contributed by atoms with E-state index in [0.717, 1.165) is 37.8 Å². The molecule has 0 saturated heterocycles. The van der Waals surface area contributed by atoms with Crippen molar-refractivity contribution >= 4 is 11.8 Å². The molecule has 23 heavy (non-hydrogen) atoms. The zero-order chi connectivity index (χ0) is 16.7. The Hall–Kier alpha value is -1.91. The normalized spacial score (nSPS) is 21.0. The molecule has 1 heterocycles. The second kappa shape index (κ2) is 8.65. The number of carbonyl (C=O) groups is 2. The predicted molar refractivity (Wildman–Crippen MR) is 89.4 cm³/mol. The molecular weight excluding hydrogens is 290 g/mol. The quantitative estimate of drug-likeness (QED) is 0.845. The molecule has 0 unspecified atom stereocenters. The molecule has 2 rings (SSSR count). The summed E-state index contributed by atoms with van der Waals surface area (Å²) in [6.45, 7) is 5.42. The minimum absolute atomic E-state index is 0.0285. The van der Waals surface area contributed by atoms with Gasteiger partial charge in [0.1, 0.15) is 0 Å². The number of aromatic nitrogens is 1. The van der Waals surface area contributed by atoms with Gasteiger partial charge in [0.15, 0.2) is 0 Å². The van der Waals surface area contributed by atoms with Gasteiger partial charge in [-0.05, 0) is 43.2 Å². The van der Waals surface area contributed by atoms with Crippen LogP contribution in [0.25, 0.3) is 0 Å². The zero-order valence-electron chi connectivity index (χ0n) is 14.0. The average molecular weight is 317 g/mol. The fraction of sp³-hybridized carbons (Fsp3) is 0.611. The molecule has 0 atom stereocenters. The third kappa shape index (κ3) is 5.66. The van der Waals surface area contributed by atoms with Crippen LogP contribution >= 0.6 is 0 Å². The lowest BCUT2D eigenvalue weighted by Gasteiger charge is -2.27. The van der Waals surface area contributed by atoms with E-state index in [1.54, 1.807) is 12.4 Å². The van der Waals surface area contributed by atoms with Crippen LogP contribution in [0.3, 0.4) is 0 Å². The number of rotatable bonds is 6. The summed E-state index contributed by atoms with van der Waals surface area (Å²) in [5.41, 5.74) is 1.00. The van der Waals surface area contributed by atoms with Crippen molar-refractivity contribution in [1.82, 2.24) is 15.6 Å². The number of carbonyl (C=O) groups excluding carboxylic acids is 2. The van der Waals surface area contributed by atoms with Crippen LogP contribution in [0.15, 0.2) is 24.5 Å². The lowest BCUT2D eigenvalue weighted by molar-refractivity contribution is -0.130. The highest BCUT2D eigenvalue weighted by Gasteiger charge is 2.29. The Balaban J connectivity index is 1.71. The zero-order valence-corrected chi connectivity index (χ0v) is 14.0. The van der Waals surface area contributed by atoms with E-state index in [-0.39, 0.29) is 23.7 Å². The molecule has 1 aromatic heterocycles. The molecule has 2 amide bonds. The minimum Gasteiger partial charge on any atom is -0.356 e. The van der Waals surface area contributed by atoms with Gasteiger partial charge < -0.3 is 10.6 Å². The van der Waals surface area contributed by atoms with Crippen LogP contribution < -0.4 is 10.6 Å². The van der Waals surface area contributed by atoms with E-state index < -0.39 is 0 Å². The number of nitrogens with one attached hydrogen (secondary N) is 2. The number of hydrogen-bond acceptors (Lipinski definition) is 3. The molecule has 1 aliphatic rings. The molecule has 5 heteroatoms. The van der Waals surface area contributed by atoms with Gasteiger partial charge in [-0.1, -0.05) is 19.9 Å². The fourth-order valence-electron chi connectivity index (χ4n) is 2.90. The summed E-state index contributed by atoms with van der Waals surface area (Å²) < 4.78 is 0. The van der Waals surface area contributed by atoms with Gasteiger partial charge in [0, 0.05) is 37.3 Å². The van der Waals surface area contributed by atoms with E-state index in [2.05, 4.69) is 29.5 Å². The predicted octanol–water partition coefficient (Wildman–Crippen LogP) is 2.28. The molecule has 0 aromatic carbocycles. The minimum atomic E-state index is 0.0285. The molecule has 1 fully saturated rings.